The van der Waals surface area contributed by atoms with Crippen LogP contribution in [0.4, 0.5) is 5.69 Å². The summed E-state index contributed by atoms with van der Waals surface area (Å²) in [6, 6.07) is 0. The van der Waals surface area contributed by atoms with Crippen LogP contribution in [0.15, 0.2) is 24.2 Å². The third-order valence-corrected chi connectivity index (χ3v) is 3.11. The van der Waals surface area contributed by atoms with Gasteiger partial charge < -0.3 is 10.1 Å². The van der Waals surface area contributed by atoms with Crippen LogP contribution >= 0.6 is 0 Å². The van der Waals surface area contributed by atoms with Crippen molar-refractivity contribution in [1.29, 1.82) is 0 Å². The standard InChI is InChI=1S/C15H23N3O2/c1-3-7-18-11-13(10-16-18)17-14(12-5-6-12)9-15(19)20-8-4-2/h9-12,17H,3-8H2,1-2H3. The van der Waals surface area contributed by atoms with Gasteiger partial charge in [-0.2, -0.15) is 5.10 Å². The summed E-state index contributed by atoms with van der Waals surface area (Å²) in [6.07, 6.45) is 9.50. The molecule has 0 amide bonds. The minimum Gasteiger partial charge on any atom is -0.462 e. The van der Waals surface area contributed by atoms with Crippen LogP contribution in [0.1, 0.15) is 39.5 Å². The number of nitrogens with zero attached hydrogens (tertiary/aromatic N) is 2. The van der Waals surface area contributed by atoms with Gasteiger partial charge in [0.2, 0.25) is 0 Å². The lowest BCUT2D eigenvalue weighted by Crippen LogP contribution is -2.08. The Hall–Kier alpha value is -1.78. The minimum atomic E-state index is -0.262. The fourth-order valence-electron chi connectivity index (χ4n) is 1.97. The minimum absolute atomic E-state index is 0.262. The third-order valence-electron chi connectivity index (χ3n) is 3.11. The molecule has 0 saturated heterocycles. The molecule has 1 fully saturated rings. The molecule has 0 spiro atoms. The molecule has 0 atom stereocenters. The molecule has 0 aromatic carbocycles. The van der Waals surface area contributed by atoms with Gasteiger partial charge in [-0.1, -0.05) is 13.8 Å². The molecule has 20 heavy (non-hydrogen) atoms. The Balaban J connectivity index is 1.97. The van der Waals surface area contributed by atoms with Crippen molar-refractivity contribution in [2.45, 2.75) is 46.1 Å². The molecule has 1 aromatic heterocycles. The van der Waals surface area contributed by atoms with Crippen LogP contribution in [0.25, 0.3) is 0 Å². The molecule has 0 aliphatic heterocycles. The fourth-order valence-corrected chi connectivity index (χ4v) is 1.97. The van der Waals surface area contributed by atoms with Crippen molar-refractivity contribution in [2.75, 3.05) is 11.9 Å². The van der Waals surface area contributed by atoms with Crippen molar-refractivity contribution in [3.63, 3.8) is 0 Å². The molecule has 5 heteroatoms. The van der Waals surface area contributed by atoms with Crippen molar-refractivity contribution >= 4 is 11.7 Å². The highest BCUT2D eigenvalue weighted by Crippen LogP contribution is 2.36. The number of aryl methyl sites for hydroxylation is 1. The van der Waals surface area contributed by atoms with Gasteiger partial charge >= 0.3 is 5.97 Å². The number of esters is 1. The number of rotatable bonds is 8. The molecule has 1 saturated carbocycles. The Bertz CT molecular complexity index is 475. The Morgan fingerprint density at radius 1 is 1.50 bits per heavy atom. The van der Waals surface area contributed by atoms with Crippen molar-refractivity contribution in [2.24, 2.45) is 5.92 Å². The van der Waals surface area contributed by atoms with Gasteiger partial charge in [-0.25, -0.2) is 4.79 Å². The van der Waals surface area contributed by atoms with Gasteiger partial charge in [0.25, 0.3) is 0 Å². The molecule has 0 radical (unpaired) electrons. The van der Waals surface area contributed by atoms with E-state index >= 15 is 0 Å². The number of hydrogen-bond acceptors (Lipinski definition) is 4. The smallest absolute Gasteiger partial charge is 0.332 e. The van der Waals surface area contributed by atoms with Crippen LogP contribution in [0.2, 0.25) is 0 Å². The van der Waals surface area contributed by atoms with Gasteiger partial charge in [-0.05, 0) is 31.6 Å². The van der Waals surface area contributed by atoms with Crippen LogP contribution in [-0.2, 0) is 16.1 Å². The molecule has 1 N–H and O–H groups in total. The van der Waals surface area contributed by atoms with Crippen LogP contribution in [0.5, 0.6) is 0 Å². The lowest BCUT2D eigenvalue weighted by Gasteiger charge is -2.08. The molecule has 5 nitrogen and oxygen atoms in total. The average Bonchev–Trinajstić information content (AvgIpc) is 3.19. The largest absolute Gasteiger partial charge is 0.462 e. The topological polar surface area (TPSA) is 56.1 Å². The maximum atomic E-state index is 11.7. The second-order valence-corrected chi connectivity index (χ2v) is 5.16. The number of carbonyl (C=O) groups excluding carboxylic acids is 1. The molecule has 1 heterocycles. The van der Waals surface area contributed by atoms with E-state index in [0.717, 1.165) is 43.6 Å². The van der Waals surface area contributed by atoms with Crippen LogP contribution < -0.4 is 5.32 Å². The van der Waals surface area contributed by atoms with E-state index in [9.17, 15) is 4.79 Å². The Morgan fingerprint density at radius 2 is 2.30 bits per heavy atom. The zero-order valence-corrected chi connectivity index (χ0v) is 12.3. The first kappa shape index (κ1) is 14.6. The average molecular weight is 277 g/mol. The van der Waals surface area contributed by atoms with E-state index in [2.05, 4.69) is 17.3 Å². The van der Waals surface area contributed by atoms with E-state index in [1.807, 2.05) is 17.8 Å². The SMILES string of the molecule is CCCOC(=O)C=C(Nc1cnn(CCC)c1)C1CC1. The third kappa shape index (κ3) is 4.40. The highest BCUT2D eigenvalue weighted by atomic mass is 16.5. The molecule has 0 unspecified atom stereocenters. The normalized spacial score (nSPS) is 15.2. The van der Waals surface area contributed by atoms with E-state index < -0.39 is 0 Å². The van der Waals surface area contributed by atoms with E-state index in [4.69, 9.17) is 4.74 Å². The number of aromatic nitrogens is 2. The number of ether oxygens (including phenoxy) is 1. The van der Waals surface area contributed by atoms with Gasteiger partial charge in [-0.15, -0.1) is 0 Å². The molecular weight excluding hydrogens is 254 g/mol. The van der Waals surface area contributed by atoms with Crippen molar-refractivity contribution in [3.8, 4) is 0 Å². The molecular formula is C15H23N3O2. The zero-order chi connectivity index (χ0) is 14.4. The fraction of sp³-hybridized carbons (Fsp3) is 0.600. The second-order valence-electron chi connectivity index (χ2n) is 5.16. The highest BCUT2D eigenvalue weighted by Gasteiger charge is 2.27. The van der Waals surface area contributed by atoms with Crippen LogP contribution in [-0.4, -0.2) is 22.4 Å². The molecule has 1 aliphatic rings. The molecule has 0 bridgehead atoms. The molecule has 1 aliphatic carbocycles. The van der Waals surface area contributed by atoms with Crippen LogP contribution in [0.3, 0.4) is 0 Å². The summed E-state index contributed by atoms with van der Waals surface area (Å²) in [5.41, 5.74) is 1.88. The van der Waals surface area contributed by atoms with Gasteiger partial charge in [0, 0.05) is 24.5 Å². The van der Waals surface area contributed by atoms with E-state index in [0.29, 0.717) is 12.5 Å². The first-order valence-corrected chi connectivity index (χ1v) is 7.40. The zero-order valence-electron chi connectivity index (χ0n) is 12.3. The Morgan fingerprint density at radius 3 is 2.95 bits per heavy atom. The second kappa shape index (κ2) is 7.12. The molecule has 110 valence electrons. The lowest BCUT2D eigenvalue weighted by atomic mass is 10.2. The number of carbonyl (C=O) groups is 1. The Kier molecular flexibility index (Phi) is 5.21. The van der Waals surface area contributed by atoms with Gasteiger partial charge in [0.05, 0.1) is 18.5 Å². The van der Waals surface area contributed by atoms with Crippen molar-refractivity contribution < 1.29 is 9.53 Å². The predicted octanol–water partition coefficient (Wildman–Crippen LogP) is 2.95. The van der Waals surface area contributed by atoms with Crippen molar-refractivity contribution in [3.05, 3.63) is 24.2 Å². The van der Waals surface area contributed by atoms with E-state index in [1.54, 1.807) is 12.3 Å². The monoisotopic (exact) mass is 277 g/mol. The lowest BCUT2D eigenvalue weighted by molar-refractivity contribution is -0.137. The van der Waals surface area contributed by atoms with E-state index in [-0.39, 0.29) is 5.97 Å². The summed E-state index contributed by atoms with van der Waals surface area (Å²) in [4.78, 5) is 11.7. The molecule has 1 aromatic rings. The quantitative estimate of drug-likeness (QED) is 0.586. The maximum Gasteiger partial charge on any atom is 0.332 e. The summed E-state index contributed by atoms with van der Waals surface area (Å²) in [5, 5.41) is 7.58. The predicted molar refractivity (Wildman–Crippen MR) is 78.2 cm³/mol. The van der Waals surface area contributed by atoms with Gasteiger partial charge in [0.15, 0.2) is 0 Å². The molecule has 2 rings (SSSR count). The summed E-state index contributed by atoms with van der Waals surface area (Å²) in [5.74, 6) is 0.195. The summed E-state index contributed by atoms with van der Waals surface area (Å²) >= 11 is 0. The first-order chi connectivity index (χ1) is 9.72. The van der Waals surface area contributed by atoms with Gasteiger partial charge in [-0.3, -0.25) is 4.68 Å². The van der Waals surface area contributed by atoms with Gasteiger partial charge in [0.1, 0.15) is 0 Å². The number of anilines is 1. The van der Waals surface area contributed by atoms with Crippen LogP contribution in [0, 0.1) is 5.92 Å². The highest BCUT2D eigenvalue weighted by molar-refractivity contribution is 5.83. The summed E-state index contributed by atoms with van der Waals surface area (Å²) < 4.78 is 7.01. The summed E-state index contributed by atoms with van der Waals surface area (Å²) in [6.45, 7) is 5.48. The Labute approximate surface area is 120 Å². The van der Waals surface area contributed by atoms with Crippen molar-refractivity contribution in [1.82, 2.24) is 9.78 Å². The number of allylic oxidation sites excluding steroid dienone is 1. The maximum absolute atomic E-state index is 11.7. The van der Waals surface area contributed by atoms with E-state index in [1.165, 1.54) is 0 Å². The number of hydrogen-bond donors (Lipinski definition) is 1. The number of nitrogens with one attached hydrogen (secondary N) is 1. The first-order valence-electron chi connectivity index (χ1n) is 7.40. The summed E-state index contributed by atoms with van der Waals surface area (Å²) in [7, 11) is 0.